The van der Waals surface area contributed by atoms with Crippen LogP contribution in [-0.4, -0.2) is 14.4 Å². The third kappa shape index (κ3) is 4.14. The Morgan fingerprint density at radius 1 is 0.952 bits per heavy atom. The van der Waals surface area contributed by atoms with Crippen LogP contribution in [0.5, 0.6) is 0 Å². The number of carbonyl (C=O) groups is 1. The van der Waals surface area contributed by atoms with Crippen molar-refractivity contribution in [3.05, 3.63) is 61.2 Å². The van der Waals surface area contributed by atoms with Crippen LogP contribution < -0.4 is 0 Å². The van der Waals surface area contributed by atoms with Gasteiger partial charge in [-0.3, -0.25) is 4.89 Å². The Balaban J connectivity index is 2.16. The van der Waals surface area contributed by atoms with E-state index < -0.39 is 16.1 Å². The first-order valence-electron chi connectivity index (χ1n) is 5.56. The molecular formula is C13H8I2O5S. The van der Waals surface area contributed by atoms with Crippen molar-refractivity contribution in [2.24, 2.45) is 0 Å². The molecular weight excluding hydrogens is 522 g/mol. The van der Waals surface area contributed by atoms with E-state index in [1.54, 1.807) is 30.3 Å². The molecule has 0 aliphatic carbocycles. The minimum atomic E-state index is -4.17. The van der Waals surface area contributed by atoms with Gasteiger partial charge in [0.25, 0.3) is 0 Å². The first kappa shape index (κ1) is 16.6. The molecule has 0 aliphatic heterocycles. The van der Waals surface area contributed by atoms with E-state index in [-0.39, 0.29) is 10.5 Å². The van der Waals surface area contributed by atoms with E-state index >= 15 is 0 Å². The molecule has 5 nitrogen and oxygen atoms in total. The molecule has 0 bridgehead atoms. The molecule has 2 aromatic rings. The zero-order valence-electron chi connectivity index (χ0n) is 10.3. The van der Waals surface area contributed by atoms with Crippen LogP contribution in [0.2, 0.25) is 0 Å². The topological polar surface area (TPSA) is 69.7 Å². The number of hydrogen-bond donors (Lipinski definition) is 0. The number of hydrogen-bond acceptors (Lipinski definition) is 5. The molecule has 2 rings (SSSR count). The van der Waals surface area contributed by atoms with Crippen molar-refractivity contribution in [3.8, 4) is 0 Å². The molecule has 0 N–H and O–H groups in total. The van der Waals surface area contributed by atoms with E-state index in [1.165, 1.54) is 18.2 Å². The summed E-state index contributed by atoms with van der Waals surface area (Å²) in [6.45, 7) is 0. The molecule has 0 saturated carbocycles. The van der Waals surface area contributed by atoms with Crippen LogP contribution in [0.15, 0.2) is 53.4 Å². The lowest BCUT2D eigenvalue weighted by atomic mass is 10.2. The summed E-state index contributed by atoms with van der Waals surface area (Å²) in [4.78, 5) is 16.0. The average Bonchev–Trinajstić information content (AvgIpc) is 2.48. The summed E-state index contributed by atoms with van der Waals surface area (Å²) < 4.78 is 29.7. The number of benzene rings is 2. The lowest BCUT2D eigenvalue weighted by Gasteiger charge is -2.07. The fourth-order valence-corrected chi connectivity index (χ4v) is 4.06. The summed E-state index contributed by atoms with van der Waals surface area (Å²) in [5.41, 5.74) is 0.199. The second-order valence-corrected chi connectivity index (χ2v) is 7.54. The van der Waals surface area contributed by atoms with Crippen molar-refractivity contribution >= 4 is 61.3 Å². The van der Waals surface area contributed by atoms with Gasteiger partial charge in [0.1, 0.15) is 4.90 Å². The van der Waals surface area contributed by atoms with Crippen molar-refractivity contribution in [1.82, 2.24) is 0 Å². The Bertz CT molecular complexity index is 759. The minimum absolute atomic E-state index is 0.0455. The van der Waals surface area contributed by atoms with Crippen molar-refractivity contribution in [2.45, 2.75) is 4.90 Å². The Morgan fingerprint density at radius 3 is 2.29 bits per heavy atom. The highest BCUT2D eigenvalue weighted by atomic mass is 127. The first-order valence-corrected chi connectivity index (χ1v) is 9.13. The lowest BCUT2D eigenvalue weighted by molar-refractivity contribution is -0.144. The third-order valence-corrected chi connectivity index (χ3v) is 6.98. The smallest absolute Gasteiger partial charge is 0.276 e. The van der Waals surface area contributed by atoms with Gasteiger partial charge in [-0.05, 0) is 73.8 Å². The van der Waals surface area contributed by atoms with Crippen molar-refractivity contribution in [2.75, 3.05) is 0 Å². The Hall–Kier alpha value is -0.720. The lowest BCUT2D eigenvalue weighted by Crippen LogP contribution is -2.13. The molecule has 0 fully saturated rings. The van der Waals surface area contributed by atoms with E-state index in [0.29, 0.717) is 3.57 Å². The predicted octanol–water partition coefficient (Wildman–Crippen LogP) is 3.37. The molecule has 110 valence electrons. The van der Waals surface area contributed by atoms with Gasteiger partial charge in [0.2, 0.25) is 0 Å². The van der Waals surface area contributed by atoms with Crippen molar-refractivity contribution in [3.63, 3.8) is 0 Å². The largest absolute Gasteiger partial charge is 0.374 e. The molecule has 21 heavy (non-hydrogen) atoms. The van der Waals surface area contributed by atoms with Crippen LogP contribution in [0.1, 0.15) is 10.4 Å². The molecule has 0 heterocycles. The summed E-state index contributed by atoms with van der Waals surface area (Å²) in [5, 5.41) is 0. The summed E-state index contributed by atoms with van der Waals surface area (Å²) in [6, 6.07) is 12.7. The van der Waals surface area contributed by atoms with Gasteiger partial charge in [-0.15, -0.1) is 0 Å². The van der Waals surface area contributed by atoms with Crippen molar-refractivity contribution < 1.29 is 22.4 Å². The molecule has 0 atom stereocenters. The Morgan fingerprint density at radius 2 is 1.62 bits per heavy atom. The molecule has 0 saturated heterocycles. The fourth-order valence-electron chi connectivity index (χ4n) is 1.41. The quantitative estimate of drug-likeness (QED) is 0.345. The van der Waals surface area contributed by atoms with Gasteiger partial charge >= 0.3 is 16.1 Å². The van der Waals surface area contributed by atoms with E-state index in [9.17, 15) is 13.2 Å². The number of carbonyl (C=O) groups excluding carboxylic acids is 1. The highest BCUT2D eigenvalue weighted by molar-refractivity contribution is 14.1. The zero-order chi connectivity index (χ0) is 15.5. The van der Waals surface area contributed by atoms with Crippen molar-refractivity contribution in [1.29, 1.82) is 0 Å². The van der Waals surface area contributed by atoms with Gasteiger partial charge in [0, 0.05) is 7.14 Å². The van der Waals surface area contributed by atoms with E-state index in [2.05, 4.69) is 9.22 Å². The first-order chi connectivity index (χ1) is 9.92. The van der Waals surface area contributed by atoms with Crippen LogP contribution in [0.25, 0.3) is 0 Å². The Kier molecular flexibility index (Phi) is 5.57. The van der Waals surface area contributed by atoms with E-state index in [1.807, 2.05) is 45.2 Å². The molecule has 8 heteroatoms. The zero-order valence-corrected chi connectivity index (χ0v) is 15.5. The third-order valence-electron chi connectivity index (χ3n) is 2.39. The minimum Gasteiger partial charge on any atom is -0.276 e. The molecule has 0 aliphatic rings. The van der Waals surface area contributed by atoms with Gasteiger partial charge < -0.3 is 0 Å². The van der Waals surface area contributed by atoms with E-state index in [0.717, 1.165) is 3.57 Å². The van der Waals surface area contributed by atoms with Crippen LogP contribution >= 0.6 is 45.2 Å². The Labute approximate surface area is 149 Å². The predicted molar refractivity (Wildman–Crippen MR) is 92.0 cm³/mol. The molecule has 0 spiro atoms. The second kappa shape index (κ2) is 7.03. The van der Waals surface area contributed by atoms with Crippen LogP contribution in [0, 0.1) is 7.14 Å². The van der Waals surface area contributed by atoms with Crippen LogP contribution in [0.4, 0.5) is 0 Å². The molecule has 0 amide bonds. The van der Waals surface area contributed by atoms with Gasteiger partial charge in [-0.1, -0.05) is 24.3 Å². The average molecular weight is 530 g/mol. The number of rotatable bonds is 4. The maximum atomic E-state index is 12.0. The van der Waals surface area contributed by atoms with Gasteiger partial charge in [-0.2, -0.15) is 8.42 Å². The maximum absolute atomic E-state index is 12.0. The van der Waals surface area contributed by atoms with Crippen LogP contribution in [0.3, 0.4) is 0 Å². The SMILES string of the molecule is O=C(OOS(=O)(=O)c1cccc(I)c1I)c1ccccc1. The summed E-state index contributed by atoms with van der Waals surface area (Å²) in [7, 11) is -4.17. The fraction of sp³-hybridized carbons (Fsp3) is 0. The standard InChI is InChI=1S/C13H8I2O5S/c14-10-7-4-8-11(12(10)15)21(17,18)20-19-13(16)9-5-2-1-3-6-9/h1-8H. The van der Waals surface area contributed by atoms with Gasteiger partial charge in [0.05, 0.1) is 5.56 Å². The van der Waals surface area contributed by atoms with Gasteiger partial charge in [0.15, 0.2) is 0 Å². The highest BCUT2D eigenvalue weighted by Crippen LogP contribution is 2.24. The molecule has 0 unspecified atom stereocenters. The normalized spacial score (nSPS) is 11.1. The molecule has 2 aromatic carbocycles. The summed E-state index contributed by atoms with van der Waals surface area (Å²) in [5.74, 6) is -0.875. The second-order valence-electron chi connectivity index (χ2n) is 3.81. The van der Waals surface area contributed by atoms with Crippen LogP contribution in [-0.2, 0) is 19.3 Å². The highest BCUT2D eigenvalue weighted by Gasteiger charge is 2.23. The van der Waals surface area contributed by atoms with E-state index in [4.69, 9.17) is 0 Å². The maximum Gasteiger partial charge on any atom is 0.374 e. The summed E-state index contributed by atoms with van der Waals surface area (Å²) >= 11 is 3.90. The number of halogens is 2. The summed E-state index contributed by atoms with van der Waals surface area (Å²) in [6.07, 6.45) is 0. The molecule has 0 aromatic heterocycles. The molecule has 0 radical (unpaired) electrons. The monoisotopic (exact) mass is 530 g/mol. The van der Waals surface area contributed by atoms with Gasteiger partial charge in [-0.25, -0.2) is 4.79 Å².